The van der Waals surface area contributed by atoms with Gasteiger partial charge in [-0.05, 0) is 38.0 Å². The minimum Gasteiger partial charge on any atom is -0.310 e. The molecule has 1 fully saturated rings. The highest BCUT2D eigenvalue weighted by Crippen LogP contribution is 2.28. The van der Waals surface area contributed by atoms with Crippen LogP contribution in [0.2, 0.25) is 0 Å². The SMILES string of the molecule is CCS(=O)(=O)CC(C)NC1CCC(C)CC1C. The Labute approximate surface area is 106 Å². The van der Waals surface area contributed by atoms with Crippen LogP contribution in [-0.4, -0.2) is 32.0 Å². The first-order valence-corrected chi connectivity index (χ1v) is 8.62. The van der Waals surface area contributed by atoms with Gasteiger partial charge in [-0.25, -0.2) is 8.42 Å². The largest absolute Gasteiger partial charge is 0.310 e. The fourth-order valence-electron chi connectivity index (χ4n) is 2.83. The molecule has 0 spiro atoms. The Morgan fingerprint density at radius 3 is 2.47 bits per heavy atom. The zero-order valence-corrected chi connectivity index (χ0v) is 12.4. The van der Waals surface area contributed by atoms with Gasteiger partial charge in [0.15, 0.2) is 9.84 Å². The summed E-state index contributed by atoms with van der Waals surface area (Å²) < 4.78 is 23.1. The summed E-state index contributed by atoms with van der Waals surface area (Å²) in [7, 11) is -2.86. The van der Waals surface area contributed by atoms with E-state index >= 15 is 0 Å². The summed E-state index contributed by atoms with van der Waals surface area (Å²) in [6.07, 6.45) is 3.69. The van der Waals surface area contributed by atoms with Crippen molar-refractivity contribution >= 4 is 9.84 Å². The molecule has 4 unspecified atom stereocenters. The van der Waals surface area contributed by atoms with E-state index in [0.29, 0.717) is 12.0 Å². The third-order valence-electron chi connectivity index (χ3n) is 3.87. The second-order valence-corrected chi connectivity index (χ2v) is 8.17. The molecule has 0 aromatic rings. The highest BCUT2D eigenvalue weighted by atomic mass is 32.2. The van der Waals surface area contributed by atoms with E-state index in [2.05, 4.69) is 19.2 Å². The van der Waals surface area contributed by atoms with Crippen LogP contribution in [0.5, 0.6) is 0 Å². The summed E-state index contributed by atoms with van der Waals surface area (Å²) in [6.45, 7) is 8.27. The summed E-state index contributed by atoms with van der Waals surface area (Å²) in [5, 5.41) is 3.50. The Balaban J connectivity index is 2.43. The minimum atomic E-state index is -2.86. The summed E-state index contributed by atoms with van der Waals surface area (Å²) >= 11 is 0. The predicted octanol–water partition coefficient (Wildman–Crippen LogP) is 2.22. The summed E-state index contributed by atoms with van der Waals surface area (Å²) in [6, 6.07) is 0.564. The van der Waals surface area contributed by atoms with Gasteiger partial charge in [0.25, 0.3) is 0 Å². The van der Waals surface area contributed by atoms with Crippen molar-refractivity contribution in [3.05, 3.63) is 0 Å². The highest BCUT2D eigenvalue weighted by Gasteiger charge is 2.27. The van der Waals surface area contributed by atoms with E-state index in [-0.39, 0.29) is 17.5 Å². The van der Waals surface area contributed by atoms with Crippen molar-refractivity contribution in [3.8, 4) is 0 Å². The van der Waals surface area contributed by atoms with Gasteiger partial charge in [0.2, 0.25) is 0 Å². The van der Waals surface area contributed by atoms with E-state index in [4.69, 9.17) is 0 Å². The molecular weight excluding hydrogens is 234 g/mol. The minimum absolute atomic E-state index is 0.0702. The van der Waals surface area contributed by atoms with E-state index in [1.54, 1.807) is 6.92 Å². The normalized spacial score (nSPS) is 32.4. The number of hydrogen-bond donors (Lipinski definition) is 1. The lowest BCUT2D eigenvalue weighted by Crippen LogP contribution is -2.46. The molecule has 0 saturated heterocycles. The van der Waals surface area contributed by atoms with Gasteiger partial charge in [-0.1, -0.05) is 20.8 Å². The summed E-state index contributed by atoms with van der Waals surface area (Å²) in [5.74, 6) is 1.99. The van der Waals surface area contributed by atoms with Crippen molar-refractivity contribution in [2.24, 2.45) is 11.8 Å². The van der Waals surface area contributed by atoms with Crippen LogP contribution < -0.4 is 5.32 Å². The third kappa shape index (κ3) is 4.96. The van der Waals surface area contributed by atoms with Crippen molar-refractivity contribution in [2.45, 2.75) is 59.0 Å². The number of sulfone groups is 1. The molecule has 1 saturated carbocycles. The molecular formula is C13H27NO2S. The lowest BCUT2D eigenvalue weighted by molar-refractivity contribution is 0.219. The Kier molecular flexibility index (Phi) is 5.45. The zero-order valence-electron chi connectivity index (χ0n) is 11.6. The molecule has 102 valence electrons. The molecule has 1 aliphatic carbocycles. The van der Waals surface area contributed by atoms with E-state index in [9.17, 15) is 8.42 Å². The molecule has 17 heavy (non-hydrogen) atoms. The maximum atomic E-state index is 11.5. The van der Waals surface area contributed by atoms with E-state index in [1.165, 1.54) is 19.3 Å². The molecule has 0 radical (unpaired) electrons. The monoisotopic (exact) mass is 261 g/mol. The predicted molar refractivity (Wildman–Crippen MR) is 72.9 cm³/mol. The van der Waals surface area contributed by atoms with Gasteiger partial charge in [-0.15, -0.1) is 0 Å². The van der Waals surface area contributed by atoms with Gasteiger partial charge < -0.3 is 5.32 Å². The molecule has 3 nitrogen and oxygen atoms in total. The molecule has 1 N–H and O–H groups in total. The molecule has 0 aromatic carbocycles. The maximum Gasteiger partial charge on any atom is 0.151 e. The lowest BCUT2D eigenvalue weighted by Gasteiger charge is -2.35. The molecule has 0 heterocycles. The highest BCUT2D eigenvalue weighted by molar-refractivity contribution is 7.91. The van der Waals surface area contributed by atoms with E-state index < -0.39 is 9.84 Å². The van der Waals surface area contributed by atoms with Crippen molar-refractivity contribution in [2.75, 3.05) is 11.5 Å². The van der Waals surface area contributed by atoms with Gasteiger partial charge >= 0.3 is 0 Å². The smallest absolute Gasteiger partial charge is 0.151 e. The zero-order chi connectivity index (χ0) is 13.1. The van der Waals surface area contributed by atoms with Crippen LogP contribution in [0.3, 0.4) is 0 Å². The molecule has 1 aliphatic rings. The molecule has 0 amide bonds. The average Bonchev–Trinajstić information content (AvgIpc) is 2.21. The Morgan fingerprint density at radius 1 is 1.29 bits per heavy atom. The fourth-order valence-corrected chi connectivity index (χ4v) is 3.92. The standard InChI is InChI=1S/C13H27NO2S/c1-5-17(15,16)9-12(4)14-13-7-6-10(2)8-11(13)3/h10-14H,5-9H2,1-4H3. The first kappa shape index (κ1) is 15.0. The Bertz CT molecular complexity index is 326. The molecule has 0 aromatic heterocycles. The number of hydrogen-bond acceptors (Lipinski definition) is 3. The molecule has 4 atom stereocenters. The lowest BCUT2D eigenvalue weighted by atomic mass is 9.79. The van der Waals surface area contributed by atoms with Gasteiger partial charge in [-0.3, -0.25) is 0 Å². The van der Waals surface area contributed by atoms with Gasteiger partial charge in [0, 0.05) is 17.8 Å². The second-order valence-electron chi connectivity index (χ2n) is 5.77. The van der Waals surface area contributed by atoms with Crippen LogP contribution in [0.15, 0.2) is 0 Å². The van der Waals surface area contributed by atoms with Crippen molar-refractivity contribution < 1.29 is 8.42 Å². The van der Waals surface area contributed by atoms with Crippen LogP contribution in [0.1, 0.15) is 47.0 Å². The number of rotatable bonds is 5. The Morgan fingerprint density at radius 2 is 1.94 bits per heavy atom. The topological polar surface area (TPSA) is 46.2 Å². The van der Waals surface area contributed by atoms with Crippen LogP contribution in [0.4, 0.5) is 0 Å². The van der Waals surface area contributed by atoms with Crippen molar-refractivity contribution in [1.29, 1.82) is 0 Å². The van der Waals surface area contributed by atoms with Crippen molar-refractivity contribution in [1.82, 2.24) is 5.32 Å². The fraction of sp³-hybridized carbons (Fsp3) is 1.00. The summed E-state index contributed by atoms with van der Waals surface area (Å²) in [4.78, 5) is 0. The first-order chi connectivity index (χ1) is 7.84. The maximum absolute atomic E-state index is 11.5. The Hall–Kier alpha value is -0.0900. The van der Waals surface area contributed by atoms with E-state index in [1.807, 2.05) is 6.92 Å². The average molecular weight is 261 g/mol. The number of nitrogens with one attached hydrogen (secondary N) is 1. The quantitative estimate of drug-likeness (QED) is 0.825. The van der Waals surface area contributed by atoms with Gasteiger partial charge in [0.1, 0.15) is 0 Å². The van der Waals surface area contributed by atoms with Crippen LogP contribution in [0, 0.1) is 11.8 Å². The summed E-state index contributed by atoms with van der Waals surface area (Å²) in [5.41, 5.74) is 0. The molecule has 4 heteroatoms. The molecule has 0 bridgehead atoms. The van der Waals surface area contributed by atoms with Crippen LogP contribution in [0.25, 0.3) is 0 Å². The van der Waals surface area contributed by atoms with Crippen molar-refractivity contribution in [3.63, 3.8) is 0 Å². The van der Waals surface area contributed by atoms with E-state index in [0.717, 1.165) is 5.92 Å². The van der Waals surface area contributed by atoms with Crippen LogP contribution >= 0.6 is 0 Å². The molecule has 0 aliphatic heterocycles. The second kappa shape index (κ2) is 6.19. The van der Waals surface area contributed by atoms with Gasteiger partial charge in [0.05, 0.1) is 5.75 Å². The first-order valence-electron chi connectivity index (χ1n) is 6.80. The third-order valence-corrected chi connectivity index (χ3v) is 5.76. The van der Waals surface area contributed by atoms with Crippen LogP contribution in [-0.2, 0) is 9.84 Å². The van der Waals surface area contributed by atoms with Gasteiger partial charge in [-0.2, -0.15) is 0 Å². The molecule has 1 rings (SSSR count).